The second kappa shape index (κ2) is 9.36. The topological polar surface area (TPSA) is 38.4 Å². The molecule has 0 spiro atoms. The van der Waals surface area contributed by atoms with E-state index in [1.54, 1.807) is 18.3 Å². The fourth-order valence-electron chi connectivity index (χ4n) is 4.75. The molecule has 3 rings (SSSR count). The second-order valence-electron chi connectivity index (χ2n) is 8.31. The molecule has 150 valence electrons. The van der Waals surface area contributed by atoms with Crippen LogP contribution in [-0.4, -0.2) is 5.71 Å². The Morgan fingerprint density at radius 2 is 1.96 bits per heavy atom. The zero-order chi connectivity index (χ0) is 20.0. The van der Waals surface area contributed by atoms with Gasteiger partial charge in [-0.3, -0.25) is 0 Å². The molecule has 2 aliphatic carbocycles. The molecule has 3 heteroatoms. The predicted octanol–water partition coefficient (Wildman–Crippen LogP) is 7.01. The van der Waals surface area contributed by atoms with Crippen LogP contribution in [0.2, 0.25) is 0 Å². The van der Waals surface area contributed by atoms with E-state index in [0.717, 1.165) is 48.6 Å². The number of rotatable bonds is 7. The Morgan fingerprint density at radius 3 is 2.57 bits per heavy atom. The van der Waals surface area contributed by atoms with E-state index in [0.29, 0.717) is 0 Å². The van der Waals surface area contributed by atoms with Gasteiger partial charge in [-0.15, -0.1) is 6.58 Å². The lowest BCUT2D eigenvalue weighted by Gasteiger charge is -2.39. The van der Waals surface area contributed by atoms with E-state index in [4.69, 9.17) is 10.7 Å². The molecular formula is C25H33FN2. The summed E-state index contributed by atoms with van der Waals surface area (Å²) in [5, 5.41) is 0. The standard InChI is InChI=1S/C25H33FN2/c1-3-7-21-16-24(28-23-12-10-22(26)11-13-23)20(18-27)17-25(21,4-2)15-14-19-8-5-6-9-19/h4,10-13,16,18-19H,2-3,5-9,14-15,17,27H2,1H3. The maximum atomic E-state index is 13.2. The Kier molecular flexibility index (Phi) is 6.88. The van der Waals surface area contributed by atoms with E-state index >= 15 is 0 Å². The van der Waals surface area contributed by atoms with Gasteiger partial charge in [0.1, 0.15) is 5.82 Å². The van der Waals surface area contributed by atoms with Crippen molar-refractivity contribution in [3.8, 4) is 0 Å². The summed E-state index contributed by atoms with van der Waals surface area (Å²) in [5.74, 6) is 0.612. The van der Waals surface area contributed by atoms with Crippen LogP contribution in [0.1, 0.15) is 64.7 Å². The SMILES string of the molecule is C=CC1(CCC2CCCC2)CC(=CN)C(=Nc2ccc(F)cc2)C=C1CCC. The Labute approximate surface area is 169 Å². The lowest BCUT2D eigenvalue weighted by atomic mass is 9.65. The normalized spacial score (nSPS) is 26.0. The first-order valence-corrected chi connectivity index (χ1v) is 10.7. The van der Waals surface area contributed by atoms with Crippen molar-refractivity contribution in [3.63, 3.8) is 0 Å². The molecule has 2 N–H and O–H groups in total. The lowest BCUT2D eigenvalue weighted by Crippen LogP contribution is -2.29. The minimum absolute atomic E-state index is 0.0222. The number of nitrogens with zero attached hydrogens (tertiary/aromatic N) is 1. The van der Waals surface area contributed by atoms with Crippen molar-refractivity contribution in [1.82, 2.24) is 0 Å². The fourth-order valence-corrected chi connectivity index (χ4v) is 4.75. The predicted molar refractivity (Wildman–Crippen MR) is 117 cm³/mol. The van der Waals surface area contributed by atoms with Gasteiger partial charge < -0.3 is 5.73 Å². The molecule has 1 saturated carbocycles. The summed E-state index contributed by atoms with van der Waals surface area (Å²) in [4.78, 5) is 4.77. The third-order valence-electron chi connectivity index (χ3n) is 6.45. The van der Waals surface area contributed by atoms with Gasteiger partial charge in [0.2, 0.25) is 0 Å². The molecule has 2 aliphatic rings. The number of halogens is 1. The van der Waals surface area contributed by atoms with Crippen molar-refractivity contribution >= 4 is 11.4 Å². The zero-order valence-electron chi connectivity index (χ0n) is 17.1. The molecule has 1 fully saturated rings. The Balaban J connectivity index is 1.93. The van der Waals surface area contributed by atoms with E-state index in [1.165, 1.54) is 49.8 Å². The highest BCUT2D eigenvalue weighted by atomic mass is 19.1. The molecule has 0 bridgehead atoms. The van der Waals surface area contributed by atoms with Crippen molar-refractivity contribution in [2.75, 3.05) is 0 Å². The molecular weight excluding hydrogens is 347 g/mol. The smallest absolute Gasteiger partial charge is 0.123 e. The lowest BCUT2D eigenvalue weighted by molar-refractivity contribution is 0.344. The minimum atomic E-state index is -0.248. The molecule has 1 aromatic rings. The highest BCUT2D eigenvalue weighted by molar-refractivity contribution is 6.11. The van der Waals surface area contributed by atoms with Gasteiger partial charge in [-0.05, 0) is 73.7 Å². The molecule has 1 aromatic carbocycles. The summed E-state index contributed by atoms with van der Waals surface area (Å²) in [5.41, 5.74) is 10.1. The van der Waals surface area contributed by atoms with Gasteiger partial charge in [0.25, 0.3) is 0 Å². The molecule has 0 aliphatic heterocycles. The first-order valence-electron chi connectivity index (χ1n) is 10.7. The van der Waals surface area contributed by atoms with Gasteiger partial charge in [-0.2, -0.15) is 0 Å². The highest BCUT2D eigenvalue weighted by Crippen LogP contribution is 2.47. The van der Waals surface area contributed by atoms with Gasteiger partial charge in [-0.1, -0.05) is 50.7 Å². The van der Waals surface area contributed by atoms with Gasteiger partial charge in [0.15, 0.2) is 0 Å². The highest BCUT2D eigenvalue weighted by Gasteiger charge is 2.36. The average molecular weight is 381 g/mol. The monoisotopic (exact) mass is 380 g/mol. The van der Waals surface area contributed by atoms with Crippen molar-refractivity contribution in [1.29, 1.82) is 0 Å². The van der Waals surface area contributed by atoms with Crippen molar-refractivity contribution in [3.05, 3.63) is 66.2 Å². The number of allylic oxidation sites excluding steroid dienone is 4. The van der Waals surface area contributed by atoms with Crippen LogP contribution in [0.15, 0.2) is 65.3 Å². The third kappa shape index (κ3) is 4.63. The molecule has 0 amide bonds. The number of benzene rings is 1. The van der Waals surface area contributed by atoms with Crippen molar-refractivity contribution in [2.24, 2.45) is 22.1 Å². The molecule has 28 heavy (non-hydrogen) atoms. The van der Waals surface area contributed by atoms with Gasteiger partial charge >= 0.3 is 0 Å². The summed E-state index contributed by atoms with van der Waals surface area (Å²) in [6, 6.07) is 6.30. The molecule has 1 unspecified atom stereocenters. The molecule has 2 nitrogen and oxygen atoms in total. The second-order valence-corrected chi connectivity index (χ2v) is 8.31. The van der Waals surface area contributed by atoms with Crippen LogP contribution in [0.5, 0.6) is 0 Å². The Bertz CT molecular complexity index is 766. The average Bonchev–Trinajstić information content (AvgIpc) is 3.23. The van der Waals surface area contributed by atoms with Gasteiger partial charge in [0.05, 0.1) is 11.4 Å². The van der Waals surface area contributed by atoms with Crippen LogP contribution in [0.25, 0.3) is 0 Å². The molecule has 0 heterocycles. The van der Waals surface area contributed by atoms with Gasteiger partial charge in [0, 0.05) is 5.41 Å². The maximum Gasteiger partial charge on any atom is 0.123 e. The van der Waals surface area contributed by atoms with Crippen molar-refractivity contribution < 1.29 is 4.39 Å². The number of nitrogens with two attached hydrogens (primary N) is 1. The summed E-state index contributed by atoms with van der Waals surface area (Å²) in [6.45, 7) is 6.45. The van der Waals surface area contributed by atoms with E-state index in [9.17, 15) is 4.39 Å². The van der Waals surface area contributed by atoms with E-state index in [1.807, 2.05) is 0 Å². The molecule has 0 saturated heterocycles. The number of hydrogen-bond acceptors (Lipinski definition) is 2. The first kappa shape index (κ1) is 20.6. The van der Waals surface area contributed by atoms with Crippen LogP contribution in [0, 0.1) is 17.2 Å². The van der Waals surface area contributed by atoms with Crippen LogP contribution in [0.3, 0.4) is 0 Å². The summed E-state index contributed by atoms with van der Waals surface area (Å²) < 4.78 is 13.2. The summed E-state index contributed by atoms with van der Waals surface area (Å²) in [6.07, 6.45) is 16.9. The molecule has 0 radical (unpaired) electrons. The van der Waals surface area contributed by atoms with Crippen molar-refractivity contribution in [2.45, 2.75) is 64.7 Å². The molecule has 0 aromatic heterocycles. The summed E-state index contributed by atoms with van der Waals surface area (Å²) in [7, 11) is 0. The quantitative estimate of drug-likeness (QED) is 0.507. The largest absolute Gasteiger partial charge is 0.404 e. The number of aliphatic imine (C=N–C) groups is 1. The maximum absolute atomic E-state index is 13.2. The summed E-state index contributed by atoms with van der Waals surface area (Å²) >= 11 is 0. The molecule has 1 atom stereocenters. The minimum Gasteiger partial charge on any atom is -0.404 e. The number of hydrogen-bond donors (Lipinski definition) is 1. The van der Waals surface area contributed by atoms with Crippen LogP contribution >= 0.6 is 0 Å². The van der Waals surface area contributed by atoms with Crippen LogP contribution < -0.4 is 5.73 Å². The third-order valence-corrected chi connectivity index (χ3v) is 6.45. The fraction of sp³-hybridized carbons (Fsp3) is 0.480. The Hall–Kier alpha value is -2.16. The van der Waals surface area contributed by atoms with E-state index in [2.05, 4.69) is 25.7 Å². The Morgan fingerprint density at radius 1 is 1.25 bits per heavy atom. The zero-order valence-corrected chi connectivity index (χ0v) is 17.1. The first-order chi connectivity index (χ1) is 13.6. The van der Waals surface area contributed by atoms with E-state index in [-0.39, 0.29) is 11.2 Å². The van der Waals surface area contributed by atoms with Gasteiger partial charge in [-0.25, -0.2) is 9.38 Å². The van der Waals surface area contributed by atoms with Crippen LogP contribution in [-0.2, 0) is 0 Å². The van der Waals surface area contributed by atoms with E-state index < -0.39 is 0 Å². The van der Waals surface area contributed by atoms with Crippen LogP contribution in [0.4, 0.5) is 10.1 Å².